The minimum absolute atomic E-state index is 0.171. The smallest absolute Gasteiger partial charge is 0.227 e. The molecule has 0 aromatic carbocycles. The Hall–Kier alpha value is -2.12. The van der Waals surface area contributed by atoms with Gasteiger partial charge in [0.1, 0.15) is 0 Å². The van der Waals surface area contributed by atoms with E-state index in [0.29, 0.717) is 17.7 Å². The Labute approximate surface area is 302 Å². The summed E-state index contributed by atoms with van der Waals surface area (Å²) in [6.45, 7) is 32.7. The highest BCUT2D eigenvalue weighted by atomic mass is 16.2. The van der Waals surface area contributed by atoms with Crippen LogP contribution in [-0.2, 0) is 19.2 Å². The Morgan fingerprint density at radius 1 is 0.469 bits per heavy atom. The van der Waals surface area contributed by atoms with Gasteiger partial charge in [-0.1, -0.05) is 103 Å². The molecule has 0 aromatic rings. The van der Waals surface area contributed by atoms with Crippen molar-refractivity contribution in [3.63, 3.8) is 0 Å². The van der Waals surface area contributed by atoms with Crippen LogP contribution < -0.4 is 5.32 Å². The Morgan fingerprint density at radius 2 is 0.776 bits per heavy atom. The normalized spacial score (nSPS) is 19.5. The molecule has 0 bridgehead atoms. The molecule has 1 N–H and O–H groups in total. The fraction of sp³-hybridized carbons (Fsp3) is 0.902. The van der Waals surface area contributed by atoms with Gasteiger partial charge in [-0.3, -0.25) is 19.2 Å². The number of nitrogens with zero attached hydrogens (tertiary/aromatic N) is 3. The van der Waals surface area contributed by atoms with Gasteiger partial charge in [-0.25, -0.2) is 0 Å². The Kier molecular flexibility index (Phi) is 18.4. The Balaban J connectivity index is 0.000000327. The summed E-state index contributed by atoms with van der Waals surface area (Å²) >= 11 is 0. The van der Waals surface area contributed by atoms with Crippen molar-refractivity contribution in [2.45, 2.75) is 161 Å². The molecule has 3 aliphatic heterocycles. The summed E-state index contributed by atoms with van der Waals surface area (Å²) in [6, 6.07) is 0. The third-order valence-corrected chi connectivity index (χ3v) is 9.46. The number of likely N-dealkylation sites (tertiary alicyclic amines) is 3. The second-order valence-electron chi connectivity index (χ2n) is 19.2. The Bertz CT molecular complexity index is 1000. The molecule has 0 spiro atoms. The van der Waals surface area contributed by atoms with Crippen LogP contribution in [0.1, 0.15) is 161 Å². The molecule has 1 saturated carbocycles. The number of carbonyl (C=O) groups is 4. The fourth-order valence-corrected chi connectivity index (χ4v) is 5.83. The van der Waals surface area contributed by atoms with Gasteiger partial charge in [0.15, 0.2) is 0 Å². The van der Waals surface area contributed by atoms with Crippen LogP contribution in [0.15, 0.2) is 0 Å². The van der Waals surface area contributed by atoms with Crippen molar-refractivity contribution >= 4 is 23.6 Å². The maximum atomic E-state index is 11.9. The summed E-state index contributed by atoms with van der Waals surface area (Å²) in [5, 5.41) is 2.95. The monoisotopic (exact) mass is 691 g/mol. The van der Waals surface area contributed by atoms with E-state index in [1.807, 2.05) is 97.8 Å². The Morgan fingerprint density at radius 3 is 1.06 bits per heavy atom. The van der Waals surface area contributed by atoms with Crippen LogP contribution in [0.25, 0.3) is 0 Å². The fourth-order valence-electron chi connectivity index (χ4n) is 5.83. The first-order chi connectivity index (χ1) is 22.4. The number of hydrogen-bond acceptors (Lipinski definition) is 4. The highest BCUT2D eigenvalue weighted by Crippen LogP contribution is 2.28. The van der Waals surface area contributed by atoms with Crippen LogP contribution in [0.2, 0.25) is 0 Å². The van der Waals surface area contributed by atoms with E-state index in [9.17, 15) is 19.2 Å². The van der Waals surface area contributed by atoms with Gasteiger partial charge in [-0.15, -0.1) is 0 Å². The largest absolute Gasteiger partial charge is 0.355 e. The summed E-state index contributed by atoms with van der Waals surface area (Å²) in [6.07, 6.45) is 13.5. The van der Waals surface area contributed by atoms with E-state index < -0.39 is 0 Å². The highest BCUT2D eigenvalue weighted by Gasteiger charge is 2.30. The highest BCUT2D eigenvalue weighted by molar-refractivity contribution is 5.82. The van der Waals surface area contributed by atoms with Gasteiger partial charge in [0.2, 0.25) is 23.6 Å². The van der Waals surface area contributed by atoms with Crippen molar-refractivity contribution in [3.05, 3.63) is 0 Å². The molecule has 4 amide bonds. The second-order valence-corrected chi connectivity index (χ2v) is 19.2. The molecular weight excluding hydrogens is 612 g/mol. The van der Waals surface area contributed by atoms with Gasteiger partial charge in [-0.05, 0) is 69.6 Å². The van der Waals surface area contributed by atoms with Crippen LogP contribution in [0.4, 0.5) is 0 Å². The molecule has 4 aliphatic rings. The predicted octanol–water partition coefficient (Wildman–Crippen LogP) is 8.33. The van der Waals surface area contributed by atoms with Gasteiger partial charge in [0, 0.05) is 67.5 Å². The average Bonchev–Trinajstić information content (AvgIpc) is 3.86. The molecule has 0 radical (unpaired) electrons. The topological polar surface area (TPSA) is 90.0 Å². The average molecular weight is 691 g/mol. The zero-order valence-electron chi connectivity index (χ0n) is 34.4. The van der Waals surface area contributed by atoms with Crippen molar-refractivity contribution in [2.75, 3.05) is 45.8 Å². The maximum absolute atomic E-state index is 11.9. The van der Waals surface area contributed by atoms with E-state index >= 15 is 0 Å². The molecular formula is C41H78N4O4. The summed E-state index contributed by atoms with van der Waals surface area (Å²) < 4.78 is 0. The van der Waals surface area contributed by atoms with E-state index in [0.717, 1.165) is 57.6 Å². The molecule has 8 heteroatoms. The first-order valence-corrected chi connectivity index (χ1v) is 19.6. The number of nitrogens with one attached hydrogen (secondary N) is 1. The van der Waals surface area contributed by atoms with Gasteiger partial charge < -0.3 is 20.0 Å². The molecule has 286 valence electrons. The van der Waals surface area contributed by atoms with Crippen LogP contribution in [0.5, 0.6) is 0 Å². The zero-order chi connectivity index (χ0) is 37.6. The van der Waals surface area contributed by atoms with Gasteiger partial charge in [0.05, 0.1) is 0 Å². The maximum Gasteiger partial charge on any atom is 0.227 e. The lowest BCUT2D eigenvalue weighted by Crippen LogP contribution is -2.43. The second kappa shape index (κ2) is 20.1. The number of hydrogen-bond donors (Lipinski definition) is 1. The number of piperidine rings is 2. The third-order valence-electron chi connectivity index (χ3n) is 9.46. The molecule has 49 heavy (non-hydrogen) atoms. The SMILES string of the molecule is CC(C)(C)C(=O)N1CCCCC1.CC(C)(C)C(=O)N1CCCCCC1.CC(C)(C)C(=O)NCC1CC1.CC1CCN(C(=O)C(C)(C)C)CC1. The molecule has 0 unspecified atom stereocenters. The lowest BCUT2D eigenvalue weighted by molar-refractivity contribution is -0.141. The minimum Gasteiger partial charge on any atom is -0.355 e. The van der Waals surface area contributed by atoms with Gasteiger partial charge in [-0.2, -0.15) is 0 Å². The van der Waals surface area contributed by atoms with Gasteiger partial charge >= 0.3 is 0 Å². The molecule has 3 heterocycles. The standard InChI is InChI=1S/2C11H21NO.C10H19NO.C9H17NO/c1-9-5-7-12(8-6-9)10(13)11(2,3)4;1-11(2,3)10(13)12-8-6-4-5-7-9-12;1-10(2,3)9(12)11-7-5-4-6-8-11;1-9(2,3)8(11)10-6-7-4-5-7/h9H,5-8H2,1-4H3;4-9H2,1-3H3;4-8H2,1-3H3;7H,4-6H2,1-3H3,(H,10,11). The summed E-state index contributed by atoms with van der Waals surface area (Å²) in [7, 11) is 0. The minimum atomic E-state index is -0.227. The molecule has 8 nitrogen and oxygen atoms in total. The lowest BCUT2D eigenvalue weighted by atomic mass is 9.92. The van der Waals surface area contributed by atoms with Crippen LogP contribution >= 0.6 is 0 Å². The number of amides is 4. The molecule has 0 atom stereocenters. The number of rotatable bonds is 2. The van der Waals surface area contributed by atoms with E-state index in [1.165, 1.54) is 70.6 Å². The van der Waals surface area contributed by atoms with Crippen LogP contribution in [-0.4, -0.2) is 84.1 Å². The lowest BCUT2D eigenvalue weighted by Gasteiger charge is -2.34. The zero-order valence-corrected chi connectivity index (χ0v) is 34.4. The van der Waals surface area contributed by atoms with Crippen molar-refractivity contribution < 1.29 is 19.2 Å². The first-order valence-electron chi connectivity index (χ1n) is 19.6. The molecule has 1 aliphatic carbocycles. The van der Waals surface area contributed by atoms with Gasteiger partial charge in [0.25, 0.3) is 0 Å². The van der Waals surface area contributed by atoms with Crippen molar-refractivity contribution in [2.24, 2.45) is 33.5 Å². The van der Waals surface area contributed by atoms with E-state index in [-0.39, 0.29) is 27.6 Å². The predicted molar refractivity (Wildman–Crippen MR) is 204 cm³/mol. The van der Waals surface area contributed by atoms with Crippen molar-refractivity contribution in [1.82, 2.24) is 20.0 Å². The van der Waals surface area contributed by atoms with E-state index in [4.69, 9.17) is 0 Å². The summed E-state index contributed by atoms with van der Waals surface area (Å²) in [4.78, 5) is 52.8. The first kappa shape index (κ1) is 44.9. The summed E-state index contributed by atoms with van der Waals surface area (Å²) in [5.41, 5.74) is -0.836. The van der Waals surface area contributed by atoms with Crippen LogP contribution in [0.3, 0.4) is 0 Å². The van der Waals surface area contributed by atoms with Crippen molar-refractivity contribution in [3.8, 4) is 0 Å². The molecule has 3 saturated heterocycles. The van der Waals surface area contributed by atoms with Crippen LogP contribution in [0, 0.1) is 33.5 Å². The quantitative estimate of drug-likeness (QED) is 0.316. The molecule has 4 rings (SSSR count). The third kappa shape index (κ3) is 18.6. The summed E-state index contributed by atoms with van der Waals surface area (Å²) in [5.74, 6) is 2.67. The molecule has 0 aromatic heterocycles. The van der Waals surface area contributed by atoms with Crippen molar-refractivity contribution in [1.29, 1.82) is 0 Å². The van der Waals surface area contributed by atoms with E-state index in [1.54, 1.807) is 0 Å². The van der Waals surface area contributed by atoms with E-state index in [2.05, 4.69) is 12.2 Å². The molecule has 4 fully saturated rings. The number of carbonyl (C=O) groups excluding carboxylic acids is 4.